The van der Waals surface area contributed by atoms with Gasteiger partial charge in [0.25, 0.3) is 0 Å². The van der Waals surface area contributed by atoms with Gasteiger partial charge in [-0.15, -0.1) is 0 Å². The highest BCUT2D eigenvalue weighted by Gasteiger charge is 2.64. The van der Waals surface area contributed by atoms with E-state index in [0.717, 1.165) is 11.8 Å². The van der Waals surface area contributed by atoms with Crippen LogP contribution in [0, 0.1) is 34.0 Å². The van der Waals surface area contributed by atoms with Crippen molar-refractivity contribution in [1.29, 1.82) is 0 Å². The molecule has 0 N–H and O–H groups in total. The monoisotopic (exact) mass is 288 g/mol. The number of rotatable bonds is 1. The van der Waals surface area contributed by atoms with Crippen LogP contribution in [-0.4, -0.2) is 6.29 Å². The zero-order chi connectivity index (χ0) is 14.7. The Morgan fingerprint density at radius 3 is 2.48 bits per heavy atom. The van der Waals surface area contributed by atoms with Crippen molar-refractivity contribution in [3.8, 4) is 0 Å². The minimum Gasteiger partial charge on any atom is -0.303 e. The highest BCUT2D eigenvalue weighted by atomic mass is 16.1. The molecule has 118 valence electrons. The van der Waals surface area contributed by atoms with Crippen molar-refractivity contribution in [1.82, 2.24) is 0 Å². The van der Waals surface area contributed by atoms with Gasteiger partial charge in [-0.05, 0) is 80.0 Å². The molecule has 6 atom stereocenters. The lowest BCUT2D eigenvalue weighted by atomic mass is 9.41. The lowest BCUT2D eigenvalue weighted by Crippen LogP contribution is -2.57. The van der Waals surface area contributed by atoms with Crippen LogP contribution in [0.4, 0.5) is 0 Å². The first-order valence-corrected chi connectivity index (χ1v) is 9.52. The van der Waals surface area contributed by atoms with E-state index >= 15 is 0 Å². The Bertz CT molecular complexity index is 443. The van der Waals surface area contributed by atoms with Crippen LogP contribution in [0.25, 0.3) is 0 Å². The minimum atomic E-state index is 0.0430. The lowest BCUT2D eigenvalue weighted by molar-refractivity contribution is -0.160. The van der Waals surface area contributed by atoms with Gasteiger partial charge in [0.05, 0.1) is 0 Å². The SMILES string of the molecule is CC12CCCCC1CCC1C2CCC2(C)CCC[C@@]12C=O. The molecule has 0 spiro atoms. The number of carbonyl (C=O) groups is 1. The predicted molar refractivity (Wildman–Crippen MR) is 86.0 cm³/mol. The molecule has 1 nitrogen and oxygen atoms in total. The summed E-state index contributed by atoms with van der Waals surface area (Å²) in [7, 11) is 0. The first kappa shape index (κ1) is 14.3. The van der Waals surface area contributed by atoms with Gasteiger partial charge in [0, 0.05) is 5.41 Å². The van der Waals surface area contributed by atoms with Gasteiger partial charge in [0.1, 0.15) is 6.29 Å². The Morgan fingerprint density at radius 1 is 0.810 bits per heavy atom. The third-order valence-corrected chi connectivity index (χ3v) is 8.93. The quantitative estimate of drug-likeness (QED) is 0.592. The van der Waals surface area contributed by atoms with Crippen LogP contribution in [-0.2, 0) is 4.79 Å². The van der Waals surface area contributed by atoms with Gasteiger partial charge < -0.3 is 4.79 Å². The Kier molecular flexibility index (Phi) is 3.12. The van der Waals surface area contributed by atoms with Crippen LogP contribution in [0.2, 0.25) is 0 Å². The molecule has 0 saturated heterocycles. The average Bonchev–Trinajstić information content (AvgIpc) is 2.84. The third kappa shape index (κ3) is 1.67. The fraction of sp³-hybridized carbons (Fsp3) is 0.950. The van der Waals surface area contributed by atoms with Gasteiger partial charge in [-0.2, -0.15) is 0 Å². The summed E-state index contributed by atoms with van der Waals surface area (Å²) in [6.07, 6.45) is 16.5. The molecule has 1 heteroatoms. The summed E-state index contributed by atoms with van der Waals surface area (Å²) in [6, 6.07) is 0. The molecule has 0 aromatic carbocycles. The van der Waals surface area contributed by atoms with Crippen LogP contribution in [0.1, 0.15) is 84.5 Å². The van der Waals surface area contributed by atoms with E-state index < -0.39 is 0 Å². The summed E-state index contributed by atoms with van der Waals surface area (Å²) in [5.41, 5.74) is 0.927. The second-order valence-electron chi connectivity index (χ2n) is 9.35. The summed E-state index contributed by atoms with van der Waals surface area (Å²) in [6.45, 7) is 5.05. The lowest BCUT2D eigenvalue weighted by Gasteiger charge is -2.63. The molecule has 0 radical (unpaired) electrons. The zero-order valence-corrected chi connectivity index (χ0v) is 14.0. The smallest absolute Gasteiger partial charge is 0.126 e. The van der Waals surface area contributed by atoms with Crippen molar-refractivity contribution in [2.24, 2.45) is 34.0 Å². The summed E-state index contributed by atoms with van der Waals surface area (Å²) in [5, 5.41) is 0. The van der Waals surface area contributed by atoms with Gasteiger partial charge in [0.2, 0.25) is 0 Å². The van der Waals surface area contributed by atoms with Crippen molar-refractivity contribution < 1.29 is 4.79 Å². The topological polar surface area (TPSA) is 17.1 Å². The van der Waals surface area contributed by atoms with E-state index in [2.05, 4.69) is 13.8 Å². The predicted octanol–water partition coefficient (Wildman–Crippen LogP) is 5.38. The Hall–Kier alpha value is -0.330. The van der Waals surface area contributed by atoms with Crippen molar-refractivity contribution in [3.63, 3.8) is 0 Å². The molecule has 4 rings (SSSR count). The first-order valence-electron chi connectivity index (χ1n) is 9.52. The van der Waals surface area contributed by atoms with Gasteiger partial charge >= 0.3 is 0 Å². The molecule has 4 aliphatic rings. The summed E-state index contributed by atoms with van der Waals surface area (Å²) in [4.78, 5) is 12.3. The summed E-state index contributed by atoms with van der Waals surface area (Å²) in [5.74, 6) is 2.51. The van der Waals surface area contributed by atoms with Crippen molar-refractivity contribution in [2.45, 2.75) is 84.5 Å². The number of aldehydes is 1. The molecular formula is C20H32O. The molecule has 0 amide bonds. The van der Waals surface area contributed by atoms with Crippen LogP contribution >= 0.6 is 0 Å². The van der Waals surface area contributed by atoms with E-state index in [-0.39, 0.29) is 5.41 Å². The Labute approximate surface area is 130 Å². The fourth-order valence-electron chi connectivity index (χ4n) is 7.64. The van der Waals surface area contributed by atoms with Crippen LogP contribution < -0.4 is 0 Å². The van der Waals surface area contributed by atoms with Crippen molar-refractivity contribution >= 4 is 6.29 Å². The Morgan fingerprint density at radius 2 is 1.67 bits per heavy atom. The van der Waals surface area contributed by atoms with E-state index in [0.29, 0.717) is 16.7 Å². The molecule has 5 unspecified atom stereocenters. The fourth-order valence-corrected chi connectivity index (χ4v) is 7.64. The van der Waals surface area contributed by atoms with Gasteiger partial charge in [0.15, 0.2) is 0 Å². The maximum absolute atomic E-state index is 12.3. The highest BCUT2D eigenvalue weighted by Crippen LogP contribution is 2.70. The van der Waals surface area contributed by atoms with Crippen LogP contribution in [0.15, 0.2) is 0 Å². The van der Waals surface area contributed by atoms with E-state index in [4.69, 9.17) is 0 Å². The third-order valence-electron chi connectivity index (χ3n) is 8.93. The molecule has 0 heterocycles. The molecule has 0 bridgehead atoms. The number of hydrogen-bond acceptors (Lipinski definition) is 1. The molecule has 0 aromatic rings. The largest absolute Gasteiger partial charge is 0.303 e. The number of fused-ring (bicyclic) bond motifs is 5. The van der Waals surface area contributed by atoms with Gasteiger partial charge in [-0.25, -0.2) is 0 Å². The molecule has 4 aliphatic carbocycles. The van der Waals surface area contributed by atoms with Gasteiger partial charge in [-0.3, -0.25) is 0 Å². The van der Waals surface area contributed by atoms with E-state index in [9.17, 15) is 4.79 Å². The molecule has 0 aliphatic heterocycles. The standard InChI is InChI=1S/C20H32O/c1-18-10-5-12-20(18,14-21)17-8-7-15-6-3-4-11-19(15,2)16(17)9-13-18/h14-17H,3-13H2,1-2H3/t15?,16?,17?,18?,19?,20-/m1/s1. The number of carbonyl (C=O) groups excluding carboxylic acids is 1. The van der Waals surface area contributed by atoms with E-state index in [1.54, 1.807) is 0 Å². The summed E-state index contributed by atoms with van der Waals surface area (Å²) >= 11 is 0. The highest BCUT2D eigenvalue weighted by molar-refractivity contribution is 5.63. The van der Waals surface area contributed by atoms with Crippen LogP contribution in [0.5, 0.6) is 0 Å². The van der Waals surface area contributed by atoms with Crippen LogP contribution in [0.3, 0.4) is 0 Å². The second-order valence-corrected chi connectivity index (χ2v) is 9.35. The molecular weight excluding hydrogens is 256 g/mol. The molecule has 0 aromatic heterocycles. The van der Waals surface area contributed by atoms with E-state index in [1.165, 1.54) is 76.9 Å². The molecule has 21 heavy (non-hydrogen) atoms. The van der Waals surface area contributed by atoms with Crippen molar-refractivity contribution in [2.75, 3.05) is 0 Å². The maximum atomic E-state index is 12.3. The van der Waals surface area contributed by atoms with Crippen molar-refractivity contribution in [3.05, 3.63) is 0 Å². The zero-order valence-electron chi connectivity index (χ0n) is 14.0. The molecule has 4 fully saturated rings. The normalized spacial score (nSPS) is 56.2. The Balaban J connectivity index is 1.74. The minimum absolute atomic E-state index is 0.0430. The number of hydrogen-bond donors (Lipinski definition) is 0. The first-order chi connectivity index (χ1) is 10.1. The summed E-state index contributed by atoms with van der Waals surface area (Å²) < 4.78 is 0. The average molecular weight is 288 g/mol. The molecule has 4 saturated carbocycles. The maximum Gasteiger partial charge on any atom is 0.126 e. The second kappa shape index (κ2) is 4.59. The van der Waals surface area contributed by atoms with Gasteiger partial charge in [-0.1, -0.05) is 33.1 Å². The van der Waals surface area contributed by atoms with E-state index in [1.807, 2.05) is 0 Å².